The zero-order valence-electron chi connectivity index (χ0n) is 9.96. The first-order valence-electron chi connectivity index (χ1n) is 5.45. The molecule has 1 unspecified atom stereocenters. The molecule has 2 aromatic rings. The molecule has 0 N–H and O–H groups in total. The molecule has 0 saturated carbocycles. The van der Waals surface area contributed by atoms with Crippen LogP contribution in [0.25, 0.3) is 0 Å². The molecule has 0 amide bonds. The molecule has 0 aliphatic carbocycles. The minimum Gasteiger partial charge on any atom is -0.496 e. The van der Waals surface area contributed by atoms with E-state index in [0.29, 0.717) is 11.3 Å². The van der Waals surface area contributed by atoms with Crippen molar-refractivity contribution in [3.05, 3.63) is 62.3 Å². The maximum absolute atomic E-state index is 13.9. The second-order valence-corrected chi connectivity index (χ2v) is 6.66. The molecule has 0 fully saturated rings. The third kappa shape index (κ3) is 3.38. The van der Waals surface area contributed by atoms with Crippen LogP contribution in [0.3, 0.4) is 0 Å². The van der Waals surface area contributed by atoms with Gasteiger partial charge in [-0.15, -0.1) is 0 Å². The lowest BCUT2D eigenvalue weighted by Gasteiger charge is -2.16. The fourth-order valence-electron chi connectivity index (χ4n) is 1.78. The highest BCUT2D eigenvalue weighted by molar-refractivity contribution is 9.11. The highest BCUT2D eigenvalue weighted by atomic mass is 79.9. The molecule has 1 nitrogen and oxygen atoms in total. The van der Waals surface area contributed by atoms with Crippen molar-refractivity contribution in [1.29, 1.82) is 0 Å². The SMILES string of the molecule is COc1ccc(Br)cc1C(Br)c1cc(Br)ccc1F. The van der Waals surface area contributed by atoms with Crippen LogP contribution in [0, 0.1) is 5.82 Å². The average Bonchev–Trinajstić information content (AvgIpc) is 2.40. The lowest BCUT2D eigenvalue weighted by Crippen LogP contribution is -2.00. The Morgan fingerprint density at radius 1 is 1.00 bits per heavy atom. The minimum atomic E-state index is -0.280. The second kappa shape index (κ2) is 6.37. The Balaban J connectivity index is 2.51. The smallest absolute Gasteiger partial charge is 0.127 e. The van der Waals surface area contributed by atoms with Gasteiger partial charge in [-0.3, -0.25) is 0 Å². The van der Waals surface area contributed by atoms with E-state index in [-0.39, 0.29) is 10.6 Å². The van der Waals surface area contributed by atoms with Gasteiger partial charge in [0.2, 0.25) is 0 Å². The van der Waals surface area contributed by atoms with Crippen LogP contribution in [0.15, 0.2) is 45.3 Å². The van der Waals surface area contributed by atoms with E-state index in [1.807, 2.05) is 18.2 Å². The topological polar surface area (TPSA) is 9.23 Å². The number of methoxy groups -OCH3 is 1. The molecule has 0 bridgehead atoms. The highest BCUT2D eigenvalue weighted by Crippen LogP contribution is 2.39. The quantitative estimate of drug-likeness (QED) is 0.531. The number of halogens is 4. The summed E-state index contributed by atoms with van der Waals surface area (Å²) in [6.07, 6.45) is 0. The molecule has 0 aliphatic heterocycles. The van der Waals surface area contributed by atoms with E-state index in [9.17, 15) is 4.39 Å². The number of ether oxygens (including phenoxy) is 1. The van der Waals surface area contributed by atoms with Gasteiger partial charge in [-0.25, -0.2) is 4.39 Å². The summed E-state index contributed by atoms with van der Waals surface area (Å²) in [5.74, 6) is 0.455. The normalized spacial score (nSPS) is 12.3. The van der Waals surface area contributed by atoms with Crippen molar-refractivity contribution in [2.24, 2.45) is 0 Å². The molecule has 2 rings (SSSR count). The third-order valence-electron chi connectivity index (χ3n) is 2.70. The summed E-state index contributed by atoms with van der Waals surface area (Å²) in [6.45, 7) is 0. The van der Waals surface area contributed by atoms with Crippen LogP contribution in [0.4, 0.5) is 4.39 Å². The molecule has 0 radical (unpaired) electrons. The Morgan fingerprint density at radius 2 is 1.58 bits per heavy atom. The van der Waals surface area contributed by atoms with Crippen LogP contribution < -0.4 is 4.74 Å². The summed E-state index contributed by atoms with van der Waals surface area (Å²) in [5, 5.41) is 0. The molecule has 0 aliphatic rings. The van der Waals surface area contributed by atoms with Gasteiger partial charge in [0.1, 0.15) is 11.6 Å². The Bertz CT molecular complexity index is 601. The van der Waals surface area contributed by atoms with E-state index < -0.39 is 0 Å². The van der Waals surface area contributed by atoms with E-state index in [0.717, 1.165) is 14.5 Å². The van der Waals surface area contributed by atoms with Crippen LogP contribution in [0.2, 0.25) is 0 Å². The van der Waals surface area contributed by atoms with Gasteiger partial charge in [0.05, 0.1) is 11.9 Å². The molecule has 1 atom stereocenters. The van der Waals surface area contributed by atoms with Crippen LogP contribution in [-0.2, 0) is 0 Å². The minimum absolute atomic E-state index is 0.257. The van der Waals surface area contributed by atoms with Crippen molar-refractivity contribution < 1.29 is 9.13 Å². The number of rotatable bonds is 3. The molecule has 0 heterocycles. The van der Waals surface area contributed by atoms with Gasteiger partial charge in [0.15, 0.2) is 0 Å². The first-order chi connectivity index (χ1) is 9.02. The monoisotopic (exact) mass is 450 g/mol. The molecule has 2 aromatic carbocycles. The fraction of sp³-hybridized carbons (Fsp3) is 0.143. The Morgan fingerprint density at radius 3 is 2.21 bits per heavy atom. The molecule has 100 valence electrons. The molecule has 0 spiro atoms. The van der Waals surface area contributed by atoms with Crippen molar-refractivity contribution in [2.75, 3.05) is 7.11 Å². The summed E-state index contributed by atoms with van der Waals surface area (Å²) in [4.78, 5) is -0.280. The number of alkyl halides is 1. The van der Waals surface area contributed by atoms with Crippen LogP contribution in [0.1, 0.15) is 16.0 Å². The van der Waals surface area contributed by atoms with Gasteiger partial charge in [0.25, 0.3) is 0 Å². The zero-order chi connectivity index (χ0) is 14.0. The summed E-state index contributed by atoms with van der Waals surface area (Å²) < 4.78 is 21.0. The maximum atomic E-state index is 13.9. The molecule has 0 saturated heterocycles. The van der Waals surface area contributed by atoms with Gasteiger partial charge in [-0.1, -0.05) is 47.8 Å². The van der Waals surface area contributed by atoms with E-state index >= 15 is 0 Å². The highest BCUT2D eigenvalue weighted by Gasteiger charge is 2.19. The Labute approximate surface area is 136 Å². The van der Waals surface area contributed by atoms with Crippen LogP contribution >= 0.6 is 47.8 Å². The Kier molecular flexibility index (Phi) is 5.03. The number of hydrogen-bond donors (Lipinski definition) is 0. The first-order valence-corrected chi connectivity index (χ1v) is 7.95. The van der Waals surface area contributed by atoms with Crippen molar-refractivity contribution in [3.8, 4) is 5.75 Å². The summed E-state index contributed by atoms with van der Waals surface area (Å²) in [7, 11) is 1.60. The molecule has 19 heavy (non-hydrogen) atoms. The first kappa shape index (κ1) is 15.0. The van der Waals surface area contributed by atoms with Gasteiger partial charge >= 0.3 is 0 Å². The Hall–Kier alpha value is -0.390. The van der Waals surface area contributed by atoms with Crippen LogP contribution in [0.5, 0.6) is 5.75 Å². The summed E-state index contributed by atoms with van der Waals surface area (Å²) in [6, 6.07) is 10.5. The summed E-state index contributed by atoms with van der Waals surface area (Å²) >= 11 is 10.3. The lowest BCUT2D eigenvalue weighted by atomic mass is 10.0. The van der Waals surface area contributed by atoms with Gasteiger partial charge in [-0.05, 0) is 36.4 Å². The van der Waals surface area contributed by atoms with Crippen molar-refractivity contribution in [1.82, 2.24) is 0 Å². The largest absolute Gasteiger partial charge is 0.496 e. The predicted octanol–water partition coefficient (Wildman–Crippen LogP) is 5.84. The number of hydrogen-bond acceptors (Lipinski definition) is 1. The molecular weight excluding hydrogens is 443 g/mol. The molecule has 5 heteroatoms. The fourth-order valence-corrected chi connectivity index (χ4v) is 3.25. The van der Waals surface area contributed by atoms with Gasteiger partial charge < -0.3 is 4.74 Å². The maximum Gasteiger partial charge on any atom is 0.127 e. The zero-order valence-corrected chi connectivity index (χ0v) is 14.7. The van der Waals surface area contributed by atoms with Crippen molar-refractivity contribution in [3.63, 3.8) is 0 Å². The second-order valence-electron chi connectivity index (χ2n) is 3.91. The molecule has 0 aromatic heterocycles. The van der Waals surface area contributed by atoms with Gasteiger partial charge in [0, 0.05) is 20.1 Å². The van der Waals surface area contributed by atoms with Crippen molar-refractivity contribution >= 4 is 47.8 Å². The average molecular weight is 453 g/mol. The van der Waals surface area contributed by atoms with E-state index in [1.54, 1.807) is 19.2 Å². The predicted molar refractivity (Wildman–Crippen MR) is 85.6 cm³/mol. The van der Waals surface area contributed by atoms with E-state index in [2.05, 4.69) is 47.8 Å². The standard InChI is InChI=1S/C14H10Br3FO/c1-19-13-5-3-9(16)7-11(13)14(17)10-6-8(15)2-4-12(10)18/h2-7,14H,1H3. The van der Waals surface area contributed by atoms with E-state index in [1.165, 1.54) is 6.07 Å². The van der Waals surface area contributed by atoms with Crippen molar-refractivity contribution in [2.45, 2.75) is 4.83 Å². The third-order valence-corrected chi connectivity index (χ3v) is 4.67. The summed E-state index contributed by atoms with van der Waals surface area (Å²) in [5.41, 5.74) is 1.43. The van der Waals surface area contributed by atoms with Crippen LogP contribution in [-0.4, -0.2) is 7.11 Å². The number of benzene rings is 2. The van der Waals surface area contributed by atoms with Gasteiger partial charge in [-0.2, -0.15) is 0 Å². The van der Waals surface area contributed by atoms with E-state index in [4.69, 9.17) is 4.74 Å². The molecular formula is C14H10Br3FO. The lowest BCUT2D eigenvalue weighted by molar-refractivity contribution is 0.410.